The van der Waals surface area contributed by atoms with E-state index in [4.69, 9.17) is 4.74 Å². The third-order valence-corrected chi connectivity index (χ3v) is 3.52. The number of ether oxygens (including phenoxy) is 2. The zero-order valence-corrected chi connectivity index (χ0v) is 13.2. The fourth-order valence-electron chi connectivity index (χ4n) is 2.00. The fourth-order valence-corrected chi connectivity index (χ4v) is 2.00. The molecule has 0 fully saturated rings. The molecule has 1 rings (SSSR count). The van der Waals surface area contributed by atoms with Crippen LogP contribution in [0.3, 0.4) is 0 Å². The summed E-state index contributed by atoms with van der Waals surface area (Å²) in [6.45, 7) is 3.74. The molecule has 0 saturated heterocycles. The molecule has 2 atom stereocenters. The topological polar surface area (TPSA) is 69.7 Å². The number of benzene rings is 1. The van der Waals surface area contributed by atoms with Gasteiger partial charge in [0, 0.05) is 5.92 Å². The van der Waals surface area contributed by atoms with Gasteiger partial charge in [-0.15, -0.1) is 0 Å². The molecule has 0 spiro atoms. The predicted octanol–water partition coefficient (Wildman–Crippen LogP) is 3.02. The van der Waals surface area contributed by atoms with E-state index in [0.717, 1.165) is 6.29 Å². The van der Waals surface area contributed by atoms with Crippen LogP contribution < -0.4 is 4.74 Å². The van der Waals surface area contributed by atoms with Crippen LogP contribution in [0.25, 0.3) is 0 Å². The van der Waals surface area contributed by atoms with E-state index in [2.05, 4.69) is 4.74 Å². The molecule has 0 aliphatic carbocycles. The summed E-state index contributed by atoms with van der Waals surface area (Å²) in [5.74, 6) is -0.651. The van der Waals surface area contributed by atoms with Crippen molar-refractivity contribution >= 4 is 18.2 Å². The van der Waals surface area contributed by atoms with Crippen molar-refractivity contribution in [2.24, 2.45) is 11.8 Å². The predicted molar refractivity (Wildman–Crippen MR) is 81.7 cm³/mol. The minimum atomic E-state index is -0.438. The molecule has 5 heteroatoms. The summed E-state index contributed by atoms with van der Waals surface area (Å²) in [6.07, 6.45) is 2.84. The summed E-state index contributed by atoms with van der Waals surface area (Å²) in [6, 6.07) is 6.21. The summed E-state index contributed by atoms with van der Waals surface area (Å²) < 4.78 is 9.92. The first kappa shape index (κ1) is 17.9. The Morgan fingerprint density at radius 3 is 2.32 bits per heavy atom. The van der Waals surface area contributed by atoms with Crippen LogP contribution in [0.5, 0.6) is 5.75 Å². The highest BCUT2D eigenvalue weighted by Crippen LogP contribution is 2.19. The van der Waals surface area contributed by atoms with Crippen LogP contribution in [-0.4, -0.2) is 25.3 Å². The Labute approximate surface area is 130 Å². The van der Waals surface area contributed by atoms with Crippen molar-refractivity contribution < 1.29 is 23.9 Å². The van der Waals surface area contributed by atoms with Gasteiger partial charge in [-0.2, -0.15) is 0 Å². The van der Waals surface area contributed by atoms with Gasteiger partial charge in [0.2, 0.25) is 0 Å². The molecular weight excluding hydrogens is 284 g/mol. The number of carbonyl (C=O) groups excluding carboxylic acids is 3. The maximum Gasteiger partial charge on any atom is 0.337 e. The van der Waals surface area contributed by atoms with E-state index in [1.165, 1.54) is 7.11 Å². The van der Waals surface area contributed by atoms with Crippen LogP contribution in [-0.2, 0) is 14.3 Å². The van der Waals surface area contributed by atoms with Crippen LogP contribution in [0.15, 0.2) is 24.3 Å². The Balaban J connectivity index is 2.61. The van der Waals surface area contributed by atoms with Gasteiger partial charge >= 0.3 is 11.9 Å². The number of hydrogen-bond acceptors (Lipinski definition) is 5. The van der Waals surface area contributed by atoms with E-state index < -0.39 is 5.97 Å². The Kier molecular flexibility index (Phi) is 7.29. The molecule has 0 radical (unpaired) electrons. The van der Waals surface area contributed by atoms with Crippen molar-refractivity contribution in [3.8, 4) is 5.75 Å². The number of aldehydes is 1. The Bertz CT molecular complexity index is 506. The van der Waals surface area contributed by atoms with Crippen LogP contribution >= 0.6 is 0 Å². The lowest BCUT2D eigenvalue weighted by Gasteiger charge is -2.14. The average molecular weight is 306 g/mol. The molecular formula is C17H22O5. The second kappa shape index (κ2) is 8.97. The quantitative estimate of drug-likeness (QED) is 0.419. The van der Waals surface area contributed by atoms with Gasteiger partial charge in [-0.1, -0.05) is 13.8 Å². The highest BCUT2D eigenvalue weighted by molar-refractivity contribution is 5.89. The second-order valence-electron chi connectivity index (χ2n) is 5.23. The minimum absolute atomic E-state index is 0.0545. The number of hydrogen-bond donors (Lipinski definition) is 0. The van der Waals surface area contributed by atoms with Gasteiger partial charge in [0.15, 0.2) is 0 Å². The summed E-state index contributed by atoms with van der Waals surface area (Å²) in [4.78, 5) is 34.1. The van der Waals surface area contributed by atoms with Gasteiger partial charge in [0.1, 0.15) is 12.0 Å². The molecule has 0 saturated carbocycles. The number of esters is 2. The lowest BCUT2D eigenvalue weighted by atomic mass is 9.95. The number of carbonyl (C=O) groups is 3. The van der Waals surface area contributed by atoms with Gasteiger partial charge in [-0.05, 0) is 43.5 Å². The Hall–Kier alpha value is -2.17. The van der Waals surface area contributed by atoms with Crippen LogP contribution in [0.1, 0.15) is 43.5 Å². The van der Waals surface area contributed by atoms with Crippen LogP contribution in [0.2, 0.25) is 0 Å². The fraction of sp³-hybridized carbons (Fsp3) is 0.471. The SMILES string of the molecule is CCC(CCC(C)C=O)C(=O)Oc1ccc(C(=O)OC)cc1. The molecule has 22 heavy (non-hydrogen) atoms. The molecule has 0 aromatic heterocycles. The Morgan fingerprint density at radius 2 is 1.82 bits per heavy atom. The minimum Gasteiger partial charge on any atom is -0.465 e. The molecule has 0 aliphatic rings. The maximum atomic E-state index is 12.1. The van der Waals surface area contributed by atoms with Gasteiger partial charge in [0.05, 0.1) is 18.6 Å². The highest BCUT2D eigenvalue weighted by atomic mass is 16.5. The molecule has 0 heterocycles. The van der Waals surface area contributed by atoms with E-state index >= 15 is 0 Å². The van der Waals surface area contributed by atoms with Gasteiger partial charge < -0.3 is 14.3 Å². The van der Waals surface area contributed by atoms with Crippen molar-refractivity contribution in [1.29, 1.82) is 0 Å². The first-order valence-corrected chi connectivity index (χ1v) is 7.37. The molecule has 2 unspecified atom stereocenters. The second-order valence-corrected chi connectivity index (χ2v) is 5.23. The van der Waals surface area contributed by atoms with Crippen LogP contribution in [0.4, 0.5) is 0 Å². The van der Waals surface area contributed by atoms with Crippen LogP contribution in [0, 0.1) is 11.8 Å². The molecule has 1 aromatic rings. The third-order valence-electron chi connectivity index (χ3n) is 3.52. The zero-order chi connectivity index (χ0) is 16.5. The normalized spacial score (nSPS) is 13.0. The van der Waals surface area contributed by atoms with Crippen molar-refractivity contribution in [2.45, 2.75) is 33.1 Å². The molecule has 0 N–H and O–H groups in total. The van der Waals surface area contributed by atoms with Gasteiger partial charge in [-0.25, -0.2) is 4.79 Å². The van der Waals surface area contributed by atoms with E-state index in [0.29, 0.717) is 30.6 Å². The molecule has 0 amide bonds. The van der Waals surface area contributed by atoms with E-state index in [1.54, 1.807) is 24.3 Å². The zero-order valence-electron chi connectivity index (χ0n) is 13.2. The molecule has 1 aromatic carbocycles. The van der Waals surface area contributed by atoms with E-state index in [-0.39, 0.29) is 17.8 Å². The van der Waals surface area contributed by atoms with Gasteiger partial charge in [0.25, 0.3) is 0 Å². The first-order valence-electron chi connectivity index (χ1n) is 7.37. The van der Waals surface area contributed by atoms with E-state index in [9.17, 15) is 14.4 Å². The number of methoxy groups -OCH3 is 1. The van der Waals surface area contributed by atoms with Crippen molar-refractivity contribution in [3.63, 3.8) is 0 Å². The molecule has 120 valence electrons. The number of rotatable bonds is 8. The lowest BCUT2D eigenvalue weighted by molar-refractivity contribution is -0.139. The summed E-state index contributed by atoms with van der Waals surface area (Å²) in [5.41, 5.74) is 0.397. The molecule has 0 aliphatic heterocycles. The molecule has 0 bridgehead atoms. The molecule has 5 nitrogen and oxygen atoms in total. The highest BCUT2D eigenvalue weighted by Gasteiger charge is 2.19. The first-order chi connectivity index (χ1) is 10.5. The monoisotopic (exact) mass is 306 g/mol. The summed E-state index contributed by atoms with van der Waals surface area (Å²) >= 11 is 0. The van der Waals surface area contributed by atoms with Crippen molar-refractivity contribution in [2.75, 3.05) is 7.11 Å². The largest absolute Gasteiger partial charge is 0.465 e. The average Bonchev–Trinajstić information content (AvgIpc) is 2.55. The summed E-state index contributed by atoms with van der Waals surface area (Å²) in [7, 11) is 1.31. The smallest absolute Gasteiger partial charge is 0.337 e. The van der Waals surface area contributed by atoms with Crippen molar-refractivity contribution in [3.05, 3.63) is 29.8 Å². The van der Waals surface area contributed by atoms with E-state index in [1.807, 2.05) is 13.8 Å². The maximum absolute atomic E-state index is 12.1. The van der Waals surface area contributed by atoms with Gasteiger partial charge in [-0.3, -0.25) is 4.79 Å². The van der Waals surface area contributed by atoms with Crippen molar-refractivity contribution in [1.82, 2.24) is 0 Å². The Morgan fingerprint density at radius 1 is 1.18 bits per heavy atom. The summed E-state index contributed by atoms with van der Waals surface area (Å²) in [5, 5.41) is 0. The standard InChI is InChI=1S/C17H22O5/c1-4-13(6-5-12(2)11-18)17(20)22-15-9-7-14(8-10-15)16(19)21-3/h7-13H,4-6H2,1-3H3. The lowest BCUT2D eigenvalue weighted by Crippen LogP contribution is -2.20. The third kappa shape index (κ3) is 5.31.